The number of anilines is 1. The molecule has 0 saturated carbocycles. The minimum Gasteiger partial charge on any atom is -0.386 e. The maximum Gasteiger partial charge on any atom is 0.400 e. The number of carbonyl (C=O) groups excluding carboxylic acids is 2. The Hall–Kier alpha value is -2.89. The van der Waals surface area contributed by atoms with E-state index in [0.717, 1.165) is 25.2 Å². The molecule has 0 aromatic carbocycles. The number of primary amides is 1. The lowest BCUT2D eigenvalue weighted by atomic mass is 9.91. The van der Waals surface area contributed by atoms with Crippen LogP contribution in [0.5, 0.6) is 0 Å². The first-order valence-corrected chi connectivity index (χ1v) is 10.2. The highest BCUT2D eigenvalue weighted by Gasteiger charge is 2.50. The van der Waals surface area contributed by atoms with Crippen molar-refractivity contribution >= 4 is 39.9 Å². The van der Waals surface area contributed by atoms with E-state index in [4.69, 9.17) is 11.5 Å². The van der Waals surface area contributed by atoms with Crippen molar-refractivity contribution in [3.63, 3.8) is 0 Å². The second-order valence-corrected chi connectivity index (χ2v) is 8.52. The van der Waals surface area contributed by atoms with Crippen LogP contribution < -0.4 is 16.8 Å². The molecule has 0 spiro atoms. The number of nitrogens with two attached hydrogens (primary N) is 2. The number of aliphatic imine (C=N–C) groups is 1. The Kier molecular flexibility index (Phi) is 7.14. The van der Waals surface area contributed by atoms with Crippen molar-refractivity contribution in [2.24, 2.45) is 21.9 Å². The Morgan fingerprint density at radius 1 is 1.35 bits per heavy atom. The zero-order chi connectivity index (χ0) is 23.6. The van der Waals surface area contributed by atoms with Crippen molar-refractivity contribution in [1.29, 1.82) is 0 Å². The number of likely N-dealkylation sites (tertiary alicyclic amines) is 1. The number of hydrogen-bond donors (Lipinski definition) is 3. The van der Waals surface area contributed by atoms with Gasteiger partial charge in [-0.1, -0.05) is 24.0 Å². The van der Waals surface area contributed by atoms with E-state index in [2.05, 4.69) is 21.9 Å². The molecule has 1 saturated heterocycles. The topological polar surface area (TPSA) is 127 Å². The summed E-state index contributed by atoms with van der Waals surface area (Å²) in [5, 5.41) is 2.81. The zero-order valence-electron chi connectivity index (χ0n) is 17.4. The second kappa shape index (κ2) is 9.08. The molecule has 2 heterocycles. The maximum atomic E-state index is 13.3. The number of halogens is 3. The summed E-state index contributed by atoms with van der Waals surface area (Å²) in [5.41, 5.74) is 9.25. The quantitative estimate of drug-likeness (QED) is 0.343. The minimum absolute atomic E-state index is 0.136. The Morgan fingerprint density at radius 2 is 2.00 bits per heavy atom. The van der Waals surface area contributed by atoms with Crippen LogP contribution in [0.2, 0.25) is 0 Å². The molecule has 1 aliphatic heterocycles. The number of nitrogens with one attached hydrogen (secondary N) is 1. The Labute approximate surface area is 181 Å². The summed E-state index contributed by atoms with van der Waals surface area (Å²) in [4.78, 5) is 34.0. The molecule has 0 aliphatic carbocycles. The van der Waals surface area contributed by atoms with Gasteiger partial charge in [0.2, 0.25) is 5.91 Å². The summed E-state index contributed by atoms with van der Waals surface area (Å²) in [6.45, 7) is 7.44. The molecule has 0 unspecified atom stereocenters. The highest BCUT2D eigenvalue weighted by atomic mass is 32.1. The van der Waals surface area contributed by atoms with Crippen molar-refractivity contribution in [3.05, 3.63) is 29.3 Å². The fourth-order valence-corrected chi connectivity index (χ4v) is 3.77. The van der Waals surface area contributed by atoms with Crippen molar-refractivity contribution in [1.82, 2.24) is 9.88 Å². The van der Waals surface area contributed by atoms with E-state index in [1.54, 1.807) is 6.92 Å². The molecule has 2 rings (SSSR count). The molecule has 3 amide bonds. The lowest BCUT2D eigenvalue weighted by Crippen LogP contribution is -2.45. The smallest absolute Gasteiger partial charge is 0.386 e. The SMILES string of the molecule is C=C/C=C(\N=C(/N)C(C)(C)C(F)(F)F)c1sc(NC(=O)N2CCC[C@H]2C(N)=O)nc1C. The van der Waals surface area contributed by atoms with Gasteiger partial charge in [-0.15, -0.1) is 0 Å². The third-order valence-electron chi connectivity index (χ3n) is 4.95. The molecule has 1 fully saturated rings. The molecular formula is C19H25F3N6O2S. The lowest BCUT2D eigenvalue weighted by molar-refractivity contribution is -0.186. The number of aryl methyl sites for hydroxylation is 1. The molecule has 5 N–H and O–H groups in total. The van der Waals surface area contributed by atoms with Crippen LogP contribution in [0, 0.1) is 12.3 Å². The van der Waals surface area contributed by atoms with Crippen LogP contribution in [-0.2, 0) is 4.79 Å². The van der Waals surface area contributed by atoms with Crippen molar-refractivity contribution in [2.75, 3.05) is 11.9 Å². The number of amides is 3. The Balaban J connectivity index is 2.31. The van der Waals surface area contributed by atoms with Gasteiger partial charge in [0.05, 0.1) is 16.3 Å². The number of aromatic nitrogens is 1. The predicted octanol–water partition coefficient (Wildman–Crippen LogP) is 3.41. The number of rotatable bonds is 6. The van der Waals surface area contributed by atoms with Gasteiger partial charge in [-0.2, -0.15) is 13.2 Å². The number of thiazole rings is 1. The Morgan fingerprint density at radius 3 is 2.55 bits per heavy atom. The van der Waals surface area contributed by atoms with Crippen molar-refractivity contribution in [3.8, 4) is 0 Å². The van der Waals surface area contributed by atoms with Gasteiger partial charge < -0.3 is 16.4 Å². The average molecular weight is 459 g/mol. The van der Waals surface area contributed by atoms with Gasteiger partial charge in [-0.05, 0) is 39.7 Å². The van der Waals surface area contributed by atoms with E-state index in [9.17, 15) is 22.8 Å². The summed E-state index contributed by atoms with van der Waals surface area (Å²) in [6.07, 6.45) is -0.673. The third kappa shape index (κ3) is 5.24. The van der Waals surface area contributed by atoms with Crippen LogP contribution in [0.1, 0.15) is 37.3 Å². The summed E-state index contributed by atoms with van der Waals surface area (Å²) in [6, 6.07) is -1.22. The van der Waals surface area contributed by atoms with Crippen LogP contribution in [0.15, 0.2) is 23.7 Å². The molecule has 1 aromatic heterocycles. The van der Waals surface area contributed by atoms with E-state index in [-0.39, 0.29) is 10.8 Å². The molecule has 31 heavy (non-hydrogen) atoms. The fourth-order valence-electron chi connectivity index (χ4n) is 2.85. The molecule has 170 valence electrons. The molecule has 1 aromatic rings. The van der Waals surface area contributed by atoms with E-state index in [1.165, 1.54) is 17.1 Å². The monoisotopic (exact) mass is 458 g/mol. The molecule has 12 heteroatoms. The summed E-state index contributed by atoms with van der Waals surface area (Å²) in [7, 11) is 0. The Bertz CT molecular complexity index is 936. The number of amidine groups is 1. The first-order valence-electron chi connectivity index (χ1n) is 9.38. The molecule has 1 aliphatic rings. The normalized spacial score (nSPS) is 18.3. The maximum absolute atomic E-state index is 13.3. The summed E-state index contributed by atoms with van der Waals surface area (Å²) < 4.78 is 39.9. The number of urea groups is 1. The first kappa shape index (κ1) is 24.4. The largest absolute Gasteiger partial charge is 0.400 e. The third-order valence-corrected chi connectivity index (χ3v) is 6.05. The number of alkyl halides is 3. The second-order valence-electron chi connectivity index (χ2n) is 7.52. The molecular weight excluding hydrogens is 433 g/mol. The zero-order valence-corrected chi connectivity index (χ0v) is 18.2. The standard InChI is InChI=1S/C19H25F3N6O2S/c1-5-7-11(26-15(24)18(3,4)19(20,21)22)13-10(2)25-16(31-13)27-17(30)28-9-6-8-12(28)14(23)29/h5,7,12H,1,6,8-9H2,2-4H3,(H2,23,29)(H2,24,26)(H,25,27,30)/b11-7-/t12-/m0/s1. The van der Waals surface area contributed by atoms with Gasteiger partial charge >= 0.3 is 12.2 Å². The van der Waals surface area contributed by atoms with Gasteiger partial charge in [0, 0.05) is 6.54 Å². The molecule has 8 nitrogen and oxygen atoms in total. The highest BCUT2D eigenvalue weighted by molar-refractivity contribution is 7.17. The van der Waals surface area contributed by atoms with E-state index in [0.29, 0.717) is 30.0 Å². The van der Waals surface area contributed by atoms with Gasteiger partial charge in [-0.25, -0.2) is 14.8 Å². The highest BCUT2D eigenvalue weighted by Crippen LogP contribution is 2.39. The lowest BCUT2D eigenvalue weighted by Gasteiger charge is -2.27. The van der Waals surface area contributed by atoms with Crippen LogP contribution in [0.25, 0.3) is 5.70 Å². The average Bonchev–Trinajstić information content (AvgIpc) is 3.27. The van der Waals surface area contributed by atoms with Crippen LogP contribution in [0.4, 0.5) is 23.1 Å². The van der Waals surface area contributed by atoms with Gasteiger partial charge in [0.1, 0.15) is 17.3 Å². The first-order chi connectivity index (χ1) is 14.3. The number of hydrogen-bond acceptors (Lipinski definition) is 5. The summed E-state index contributed by atoms with van der Waals surface area (Å²) >= 11 is 1.02. The molecule has 0 bridgehead atoms. The van der Waals surface area contributed by atoms with Crippen molar-refractivity contribution in [2.45, 2.75) is 45.8 Å². The molecule has 0 radical (unpaired) electrons. The fraction of sp³-hybridized carbons (Fsp3) is 0.474. The van der Waals surface area contributed by atoms with Gasteiger partial charge in [0.15, 0.2) is 5.13 Å². The van der Waals surface area contributed by atoms with E-state index in [1.807, 2.05) is 0 Å². The number of allylic oxidation sites excluding steroid dienone is 2. The summed E-state index contributed by atoms with van der Waals surface area (Å²) in [5.74, 6) is -1.20. The molecule has 1 atom stereocenters. The van der Waals surface area contributed by atoms with Crippen LogP contribution in [0.3, 0.4) is 0 Å². The van der Waals surface area contributed by atoms with Crippen molar-refractivity contribution < 1.29 is 22.8 Å². The predicted molar refractivity (Wildman–Crippen MR) is 114 cm³/mol. The van der Waals surface area contributed by atoms with Crippen LogP contribution >= 0.6 is 11.3 Å². The van der Waals surface area contributed by atoms with Gasteiger partial charge in [-0.3, -0.25) is 10.1 Å². The minimum atomic E-state index is -4.59. The number of carbonyl (C=O) groups is 2. The van der Waals surface area contributed by atoms with Gasteiger partial charge in [0.25, 0.3) is 0 Å². The van der Waals surface area contributed by atoms with E-state index < -0.39 is 35.4 Å². The van der Waals surface area contributed by atoms with E-state index >= 15 is 0 Å². The van der Waals surface area contributed by atoms with Crippen LogP contribution in [-0.4, -0.2) is 46.4 Å². The number of nitrogens with zero attached hydrogens (tertiary/aromatic N) is 3.